The number of thiophene rings is 1. The van der Waals surface area contributed by atoms with Crippen LogP contribution in [0.15, 0.2) is 168 Å². The van der Waals surface area contributed by atoms with Gasteiger partial charge in [0.1, 0.15) is 11.2 Å². The highest BCUT2D eigenvalue weighted by molar-refractivity contribution is 7.25. The third kappa shape index (κ3) is 5.26. The van der Waals surface area contributed by atoms with E-state index in [0.29, 0.717) is 0 Å². The van der Waals surface area contributed by atoms with Crippen LogP contribution in [-0.4, -0.2) is 4.57 Å². The number of nitrogens with one attached hydrogen (secondary N) is 3. The highest BCUT2D eigenvalue weighted by atomic mass is 32.1. The average molecular weight is 755 g/mol. The maximum absolute atomic E-state index is 6.66. The SMILES string of the molecule is C1=Cc2c(c3ccccc3n2-c2cccc3oc4cccc(-c5ccc6c(c5)sc5cccc(C7NC(c8ccccc8)NC(c8ccccc8)N7)c56)c4c23)CC1. The Balaban J connectivity index is 1.00. The first-order valence-corrected chi connectivity index (χ1v) is 20.7. The van der Waals surface area contributed by atoms with E-state index in [-0.39, 0.29) is 18.5 Å². The number of furan rings is 1. The first-order valence-electron chi connectivity index (χ1n) is 19.8. The summed E-state index contributed by atoms with van der Waals surface area (Å²) in [6, 6.07) is 57.0. The maximum Gasteiger partial charge on any atom is 0.137 e. The molecule has 7 aromatic carbocycles. The first-order chi connectivity index (χ1) is 28.3. The molecule has 1 aliphatic heterocycles. The van der Waals surface area contributed by atoms with Crippen LogP contribution in [0.3, 0.4) is 0 Å². The topological polar surface area (TPSA) is 54.2 Å². The zero-order chi connectivity index (χ0) is 37.5. The number of para-hydroxylation sites is 1. The fourth-order valence-electron chi connectivity index (χ4n) is 9.48. The summed E-state index contributed by atoms with van der Waals surface area (Å²) in [5.74, 6) is 0. The second kappa shape index (κ2) is 13.2. The van der Waals surface area contributed by atoms with Crippen LogP contribution < -0.4 is 16.0 Å². The van der Waals surface area contributed by atoms with Crippen LogP contribution in [0.2, 0.25) is 0 Å². The molecule has 2 aliphatic rings. The van der Waals surface area contributed by atoms with E-state index < -0.39 is 0 Å². The van der Waals surface area contributed by atoms with Crippen molar-refractivity contribution in [1.29, 1.82) is 0 Å². The van der Waals surface area contributed by atoms with Crippen molar-refractivity contribution in [2.75, 3.05) is 0 Å². The van der Waals surface area contributed by atoms with Gasteiger partial charge in [-0.15, -0.1) is 11.3 Å². The molecule has 57 heavy (non-hydrogen) atoms. The Hall–Kier alpha value is -6.28. The number of benzene rings is 7. The van der Waals surface area contributed by atoms with Gasteiger partial charge in [-0.1, -0.05) is 127 Å². The predicted octanol–water partition coefficient (Wildman–Crippen LogP) is 12.7. The summed E-state index contributed by atoms with van der Waals surface area (Å²) < 4.78 is 11.7. The zero-order valence-corrected chi connectivity index (χ0v) is 31.9. The molecular weight excluding hydrogens is 717 g/mol. The molecule has 1 fully saturated rings. The lowest BCUT2D eigenvalue weighted by atomic mass is 9.96. The second-order valence-corrected chi connectivity index (χ2v) is 16.3. The van der Waals surface area contributed by atoms with Crippen LogP contribution in [-0.2, 0) is 6.42 Å². The van der Waals surface area contributed by atoms with Gasteiger partial charge >= 0.3 is 0 Å². The Morgan fingerprint density at radius 3 is 2.07 bits per heavy atom. The molecule has 0 spiro atoms. The van der Waals surface area contributed by atoms with Crippen molar-refractivity contribution in [2.24, 2.45) is 0 Å². The molecule has 274 valence electrons. The van der Waals surface area contributed by atoms with Crippen molar-refractivity contribution >= 4 is 70.4 Å². The predicted molar refractivity (Wildman–Crippen MR) is 237 cm³/mol. The molecule has 4 heterocycles. The summed E-state index contributed by atoms with van der Waals surface area (Å²) in [7, 11) is 0. The number of nitrogens with zero attached hydrogens (tertiary/aromatic N) is 1. The van der Waals surface area contributed by atoms with Gasteiger partial charge in [0.05, 0.1) is 35.1 Å². The van der Waals surface area contributed by atoms with Gasteiger partial charge in [0.2, 0.25) is 0 Å². The quantitative estimate of drug-likeness (QED) is 0.164. The molecule has 3 aromatic heterocycles. The average Bonchev–Trinajstić information content (AvgIpc) is 3.96. The second-order valence-electron chi connectivity index (χ2n) is 15.2. The van der Waals surface area contributed by atoms with Gasteiger partial charge in [-0.25, -0.2) is 0 Å². The van der Waals surface area contributed by atoms with Gasteiger partial charge < -0.3 is 8.98 Å². The molecule has 0 bridgehead atoms. The van der Waals surface area contributed by atoms with Crippen LogP contribution in [0.4, 0.5) is 0 Å². The number of rotatable bonds is 5. The third-order valence-corrected chi connectivity index (χ3v) is 13.1. The lowest BCUT2D eigenvalue weighted by Crippen LogP contribution is -2.54. The number of fused-ring (bicyclic) bond motifs is 9. The largest absolute Gasteiger partial charge is 0.456 e. The Kier molecular flexibility index (Phi) is 7.60. The number of aromatic nitrogens is 1. The maximum atomic E-state index is 6.66. The molecule has 5 nitrogen and oxygen atoms in total. The highest BCUT2D eigenvalue weighted by Crippen LogP contribution is 2.45. The van der Waals surface area contributed by atoms with E-state index in [1.807, 2.05) is 11.3 Å². The summed E-state index contributed by atoms with van der Waals surface area (Å²) in [5, 5.41) is 17.8. The van der Waals surface area contributed by atoms with Gasteiger partial charge in [-0.2, -0.15) is 0 Å². The van der Waals surface area contributed by atoms with Crippen LogP contribution in [0.1, 0.15) is 52.9 Å². The molecule has 12 rings (SSSR count). The fourth-order valence-corrected chi connectivity index (χ4v) is 10.7. The lowest BCUT2D eigenvalue weighted by molar-refractivity contribution is 0.204. The van der Waals surface area contributed by atoms with Gasteiger partial charge in [-0.3, -0.25) is 16.0 Å². The minimum absolute atomic E-state index is 0.0318. The molecular formula is C51H38N4OS. The Morgan fingerprint density at radius 1 is 0.561 bits per heavy atom. The lowest BCUT2D eigenvalue weighted by Gasteiger charge is -2.40. The number of allylic oxidation sites excluding steroid dienone is 1. The van der Waals surface area contributed by atoms with Crippen molar-refractivity contribution in [3.05, 3.63) is 192 Å². The van der Waals surface area contributed by atoms with E-state index in [2.05, 4.69) is 190 Å². The van der Waals surface area contributed by atoms with Crippen molar-refractivity contribution in [3.63, 3.8) is 0 Å². The highest BCUT2D eigenvalue weighted by Gasteiger charge is 2.31. The van der Waals surface area contributed by atoms with E-state index in [1.165, 1.54) is 70.1 Å². The van der Waals surface area contributed by atoms with E-state index in [4.69, 9.17) is 4.42 Å². The summed E-state index contributed by atoms with van der Waals surface area (Å²) in [5.41, 5.74) is 12.9. The van der Waals surface area contributed by atoms with Crippen molar-refractivity contribution in [2.45, 2.75) is 31.3 Å². The van der Waals surface area contributed by atoms with Crippen LogP contribution >= 0.6 is 11.3 Å². The summed E-state index contributed by atoms with van der Waals surface area (Å²) in [6.45, 7) is 0. The van der Waals surface area contributed by atoms with E-state index in [0.717, 1.165) is 40.5 Å². The molecule has 0 amide bonds. The summed E-state index contributed by atoms with van der Waals surface area (Å²) in [4.78, 5) is 0. The first kappa shape index (κ1) is 32.9. The van der Waals surface area contributed by atoms with E-state index >= 15 is 0 Å². The van der Waals surface area contributed by atoms with Gasteiger partial charge in [0.25, 0.3) is 0 Å². The number of aryl methyl sites for hydroxylation is 1. The van der Waals surface area contributed by atoms with E-state index in [9.17, 15) is 0 Å². The molecule has 3 N–H and O–H groups in total. The summed E-state index contributed by atoms with van der Waals surface area (Å²) >= 11 is 1.87. The molecule has 2 atom stereocenters. The standard InChI is InChI=1S/C51H38N4OS/c1-3-14-31(15-4-1)49-52-50(32-16-5-2-6-17-32)54-51(53-49)38-21-12-27-44-46(38)37-29-28-33(30-45(37)57-44)34-20-11-25-42-47(34)48-41(24-13-26-43(48)56-42)55-39-22-9-7-18-35(39)36-19-8-10-23-40(36)55/h1-7,9-18,20-30,49-54H,8,19H2. The zero-order valence-electron chi connectivity index (χ0n) is 31.1. The molecule has 6 heteroatoms. The molecule has 10 aromatic rings. The smallest absolute Gasteiger partial charge is 0.137 e. The Bertz CT molecular complexity index is 3150. The van der Waals surface area contributed by atoms with Gasteiger partial charge in [0, 0.05) is 36.6 Å². The monoisotopic (exact) mass is 754 g/mol. The van der Waals surface area contributed by atoms with Crippen LogP contribution in [0, 0.1) is 0 Å². The van der Waals surface area contributed by atoms with Crippen molar-refractivity contribution in [1.82, 2.24) is 20.5 Å². The Morgan fingerprint density at radius 2 is 1.26 bits per heavy atom. The van der Waals surface area contributed by atoms with Crippen molar-refractivity contribution in [3.8, 4) is 16.8 Å². The normalized spacial score (nSPS) is 18.3. The number of hydrogen-bond donors (Lipinski definition) is 3. The minimum Gasteiger partial charge on any atom is -0.456 e. The molecule has 1 aliphatic carbocycles. The third-order valence-electron chi connectivity index (χ3n) is 12.0. The van der Waals surface area contributed by atoms with Crippen molar-refractivity contribution < 1.29 is 4.42 Å². The van der Waals surface area contributed by atoms with Gasteiger partial charge in [-0.05, 0) is 88.7 Å². The number of hydrogen-bond acceptors (Lipinski definition) is 5. The fraction of sp³-hybridized carbons (Fsp3) is 0.0980. The van der Waals surface area contributed by atoms with Gasteiger partial charge in [0.15, 0.2) is 0 Å². The van der Waals surface area contributed by atoms with Crippen LogP contribution in [0.25, 0.3) is 75.9 Å². The molecule has 2 unspecified atom stereocenters. The molecule has 0 radical (unpaired) electrons. The molecule has 0 saturated carbocycles. The summed E-state index contributed by atoms with van der Waals surface area (Å²) in [6.07, 6.45) is 6.59. The van der Waals surface area contributed by atoms with E-state index in [1.54, 1.807) is 0 Å². The Labute approximate surface area is 333 Å². The molecule has 1 saturated heterocycles. The van der Waals surface area contributed by atoms with Crippen LogP contribution in [0.5, 0.6) is 0 Å². The minimum atomic E-state index is -0.0855.